The molecule has 10 heteroatoms. The van der Waals surface area contributed by atoms with E-state index in [1.54, 1.807) is 4.57 Å². The van der Waals surface area contributed by atoms with Crippen LogP contribution in [0.25, 0.3) is 11.2 Å². The van der Waals surface area contributed by atoms with Crippen LogP contribution in [0.5, 0.6) is 0 Å². The fourth-order valence-corrected chi connectivity index (χ4v) is 2.39. The van der Waals surface area contributed by atoms with Gasteiger partial charge in [0.05, 0.1) is 25.6 Å². The van der Waals surface area contributed by atoms with Crippen molar-refractivity contribution in [2.45, 2.75) is 24.9 Å². The van der Waals surface area contributed by atoms with Crippen LogP contribution in [0.15, 0.2) is 12.7 Å². The molecule has 3 heterocycles. The molecule has 0 spiro atoms. The van der Waals surface area contributed by atoms with Crippen LogP contribution >= 0.6 is 0 Å². The summed E-state index contributed by atoms with van der Waals surface area (Å²) in [5.41, 5.74) is 6.12. The number of imidazole rings is 1. The predicted octanol–water partition coefficient (Wildman–Crippen LogP) is -1.64. The summed E-state index contributed by atoms with van der Waals surface area (Å²) in [5.74, 6) is -0.126. The highest BCUT2D eigenvalue weighted by Gasteiger charge is 2.35. The maximum atomic E-state index is 11.4. The second kappa shape index (κ2) is 5.93. The molecule has 0 bridgehead atoms. The van der Waals surface area contributed by atoms with Gasteiger partial charge in [-0.25, -0.2) is 15.0 Å². The monoisotopic (exact) mass is 308 g/mol. The number of nitrogens with zero attached hydrogens (tertiary/aromatic N) is 4. The average molecular weight is 308 g/mol. The van der Waals surface area contributed by atoms with Crippen molar-refractivity contribution in [1.82, 2.24) is 19.5 Å². The number of carbonyl (C=O) groups is 1. The number of aliphatic hydroxyl groups is 2. The number of hydrogen-bond acceptors (Lipinski definition) is 8. The van der Waals surface area contributed by atoms with Gasteiger partial charge in [0.1, 0.15) is 18.7 Å². The molecule has 0 radical (unpaired) electrons. The quantitative estimate of drug-likeness (QED) is 0.526. The van der Waals surface area contributed by atoms with Crippen molar-refractivity contribution in [2.75, 3.05) is 18.5 Å². The van der Waals surface area contributed by atoms with Gasteiger partial charge in [-0.1, -0.05) is 0 Å². The Bertz CT molecular complexity index is 689. The highest BCUT2D eigenvalue weighted by Crippen LogP contribution is 2.31. The van der Waals surface area contributed by atoms with Crippen LogP contribution in [0.1, 0.15) is 12.6 Å². The molecular weight excluding hydrogens is 292 g/mol. The summed E-state index contributed by atoms with van der Waals surface area (Å²) < 4.78 is 7.21. The van der Waals surface area contributed by atoms with E-state index in [0.29, 0.717) is 17.6 Å². The molecular formula is C12H16N6O4. The van der Waals surface area contributed by atoms with E-state index in [0.717, 1.165) is 0 Å². The lowest BCUT2D eigenvalue weighted by Gasteiger charge is -2.13. The Kier molecular flexibility index (Phi) is 3.98. The molecule has 118 valence electrons. The average Bonchev–Trinajstić information content (AvgIpc) is 3.10. The van der Waals surface area contributed by atoms with E-state index < -0.39 is 18.4 Å². The maximum Gasteiger partial charge on any atom is 0.239 e. The highest BCUT2D eigenvalue weighted by atomic mass is 16.5. The normalized spacial score (nSPS) is 24.8. The van der Waals surface area contributed by atoms with Crippen molar-refractivity contribution < 1.29 is 19.7 Å². The summed E-state index contributed by atoms with van der Waals surface area (Å²) in [4.78, 5) is 23.7. The van der Waals surface area contributed by atoms with Gasteiger partial charge in [-0.05, 0) is 0 Å². The van der Waals surface area contributed by atoms with Crippen molar-refractivity contribution in [3.05, 3.63) is 12.7 Å². The summed E-state index contributed by atoms with van der Waals surface area (Å²) in [7, 11) is 0. The summed E-state index contributed by atoms with van der Waals surface area (Å²) in [6, 6.07) is 0. The lowest BCUT2D eigenvalue weighted by molar-refractivity contribution is -0.114. The lowest BCUT2D eigenvalue weighted by Crippen LogP contribution is -2.24. The predicted molar refractivity (Wildman–Crippen MR) is 74.6 cm³/mol. The van der Waals surface area contributed by atoms with Gasteiger partial charge >= 0.3 is 0 Å². The van der Waals surface area contributed by atoms with Gasteiger partial charge in [0, 0.05) is 6.42 Å². The first-order valence-corrected chi connectivity index (χ1v) is 6.76. The van der Waals surface area contributed by atoms with Gasteiger partial charge in [-0.3, -0.25) is 9.36 Å². The van der Waals surface area contributed by atoms with Crippen LogP contribution in [0, 0.1) is 0 Å². The van der Waals surface area contributed by atoms with Gasteiger partial charge in [0.15, 0.2) is 17.0 Å². The smallest absolute Gasteiger partial charge is 0.239 e. The van der Waals surface area contributed by atoms with Crippen LogP contribution in [0.2, 0.25) is 0 Å². The number of aliphatic hydroxyl groups excluding tert-OH is 2. The first kappa shape index (κ1) is 14.8. The number of anilines is 1. The minimum Gasteiger partial charge on any atom is -0.394 e. The maximum absolute atomic E-state index is 11.4. The number of aromatic nitrogens is 4. The standard InChI is InChI=1S/C12H16N6O4/c13-2-8(21)17-11-10-12(15-4-14-11)18(5-16-10)9-1-6(20)7(3-19)22-9/h4-7,9,19-20H,1-3,13H2,(H,14,15,17,21)/t6-,7+,9+/m0/s1. The molecule has 2 aromatic heterocycles. The number of ether oxygens (including phenoxy) is 1. The molecule has 0 saturated carbocycles. The zero-order chi connectivity index (χ0) is 15.7. The molecule has 3 atom stereocenters. The Hall–Kier alpha value is -2.14. The minimum absolute atomic E-state index is 0.164. The number of amides is 1. The molecule has 1 aliphatic heterocycles. The van der Waals surface area contributed by atoms with E-state index in [2.05, 4.69) is 20.3 Å². The first-order chi connectivity index (χ1) is 10.6. The minimum atomic E-state index is -0.759. The second-order valence-corrected chi connectivity index (χ2v) is 4.91. The van der Waals surface area contributed by atoms with Gasteiger partial charge in [0.2, 0.25) is 5.91 Å². The number of rotatable bonds is 4. The Morgan fingerprint density at radius 3 is 3.00 bits per heavy atom. The molecule has 22 heavy (non-hydrogen) atoms. The van der Waals surface area contributed by atoms with Gasteiger partial charge in [-0.2, -0.15) is 0 Å². The third-order valence-electron chi connectivity index (χ3n) is 3.50. The summed E-state index contributed by atoms with van der Waals surface area (Å²) in [6.45, 7) is -0.431. The Morgan fingerprint density at radius 1 is 1.50 bits per heavy atom. The fraction of sp³-hybridized carbons (Fsp3) is 0.500. The molecule has 10 nitrogen and oxygen atoms in total. The Balaban J connectivity index is 1.93. The number of fused-ring (bicyclic) bond motifs is 1. The largest absolute Gasteiger partial charge is 0.394 e. The summed E-state index contributed by atoms with van der Waals surface area (Å²) in [6.07, 6.45) is 1.21. The van der Waals surface area contributed by atoms with Crippen LogP contribution in [0.3, 0.4) is 0 Å². The van der Waals surface area contributed by atoms with Crippen LogP contribution in [-0.2, 0) is 9.53 Å². The molecule has 1 fully saturated rings. The molecule has 0 aliphatic carbocycles. The van der Waals surface area contributed by atoms with E-state index in [1.807, 2.05) is 0 Å². The molecule has 1 saturated heterocycles. The van der Waals surface area contributed by atoms with Gasteiger partial charge in [-0.15, -0.1) is 0 Å². The third-order valence-corrected chi connectivity index (χ3v) is 3.50. The number of hydrogen-bond donors (Lipinski definition) is 4. The Morgan fingerprint density at radius 2 is 2.32 bits per heavy atom. The number of nitrogens with one attached hydrogen (secondary N) is 1. The molecule has 1 aliphatic rings. The highest BCUT2D eigenvalue weighted by molar-refractivity contribution is 5.97. The van der Waals surface area contributed by atoms with E-state index >= 15 is 0 Å². The van der Waals surface area contributed by atoms with E-state index in [1.165, 1.54) is 12.7 Å². The molecule has 5 N–H and O–H groups in total. The van der Waals surface area contributed by atoms with Crippen molar-refractivity contribution in [1.29, 1.82) is 0 Å². The third kappa shape index (κ3) is 2.52. The van der Waals surface area contributed by atoms with Crippen LogP contribution < -0.4 is 11.1 Å². The first-order valence-electron chi connectivity index (χ1n) is 6.76. The van der Waals surface area contributed by atoms with Crippen LogP contribution in [-0.4, -0.2) is 61.0 Å². The topological polar surface area (TPSA) is 148 Å². The van der Waals surface area contributed by atoms with Gasteiger partial charge < -0.3 is 26.0 Å². The zero-order valence-corrected chi connectivity index (χ0v) is 11.6. The van der Waals surface area contributed by atoms with Crippen molar-refractivity contribution in [3.63, 3.8) is 0 Å². The zero-order valence-electron chi connectivity index (χ0n) is 11.6. The fourth-order valence-electron chi connectivity index (χ4n) is 2.39. The van der Waals surface area contributed by atoms with E-state index in [4.69, 9.17) is 15.6 Å². The molecule has 3 rings (SSSR count). The molecule has 0 unspecified atom stereocenters. The molecule has 1 amide bonds. The van der Waals surface area contributed by atoms with Crippen molar-refractivity contribution >= 4 is 22.9 Å². The Labute approximate surface area is 124 Å². The summed E-state index contributed by atoms with van der Waals surface area (Å²) in [5, 5.41) is 21.5. The van der Waals surface area contributed by atoms with E-state index in [9.17, 15) is 9.90 Å². The van der Waals surface area contributed by atoms with Crippen LogP contribution in [0.4, 0.5) is 5.82 Å². The van der Waals surface area contributed by atoms with Crippen molar-refractivity contribution in [2.24, 2.45) is 5.73 Å². The SMILES string of the molecule is NCC(=O)Nc1ncnc2c1ncn2[C@H]1C[C@H](O)[C@@H](CO)O1. The second-order valence-electron chi connectivity index (χ2n) is 4.91. The number of nitrogens with two attached hydrogens (primary N) is 1. The summed E-state index contributed by atoms with van der Waals surface area (Å²) >= 11 is 0. The van der Waals surface area contributed by atoms with Gasteiger partial charge in [0.25, 0.3) is 0 Å². The molecule has 0 aromatic carbocycles. The van der Waals surface area contributed by atoms with E-state index in [-0.39, 0.29) is 24.9 Å². The molecule has 2 aromatic rings. The number of carbonyl (C=O) groups excluding carboxylic acids is 1. The van der Waals surface area contributed by atoms with Crippen molar-refractivity contribution in [3.8, 4) is 0 Å². The lowest BCUT2D eigenvalue weighted by atomic mass is 10.2.